The smallest absolute Gasteiger partial charge is 0.251 e. The van der Waals surface area contributed by atoms with E-state index in [1.54, 1.807) is 30.3 Å². The fourth-order valence-corrected chi connectivity index (χ4v) is 3.30. The zero-order chi connectivity index (χ0) is 22.2. The maximum Gasteiger partial charge on any atom is 0.251 e. The minimum atomic E-state index is -0.205. The third kappa shape index (κ3) is 6.22. The van der Waals surface area contributed by atoms with Crippen molar-refractivity contribution in [2.45, 2.75) is 33.2 Å². The molecule has 0 saturated carbocycles. The van der Waals surface area contributed by atoms with Crippen LogP contribution in [0, 0.1) is 5.92 Å². The van der Waals surface area contributed by atoms with Crippen LogP contribution in [0.25, 0.3) is 0 Å². The van der Waals surface area contributed by atoms with Crippen LogP contribution < -0.4 is 5.32 Å². The molecule has 31 heavy (non-hydrogen) atoms. The molecule has 4 nitrogen and oxygen atoms in total. The highest BCUT2D eigenvalue weighted by molar-refractivity contribution is 6.01. The van der Waals surface area contributed by atoms with E-state index in [2.05, 4.69) is 5.32 Å². The Labute approximate surface area is 183 Å². The second-order valence-corrected chi connectivity index (χ2v) is 7.92. The van der Waals surface area contributed by atoms with Gasteiger partial charge in [0.2, 0.25) is 0 Å². The van der Waals surface area contributed by atoms with Crippen molar-refractivity contribution in [1.82, 2.24) is 5.32 Å². The third-order valence-corrected chi connectivity index (χ3v) is 5.18. The molecule has 0 bridgehead atoms. The first-order valence-corrected chi connectivity index (χ1v) is 10.5. The van der Waals surface area contributed by atoms with E-state index in [0.717, 1.165) is 11.1 Å². The summed E-state index contributed by atoms with van der Waals surface area (Å²) in [6, 6.07) is 24.1. The van der Waals surface area contributed by atoms with Crippen LogP contribution in [0.4, 0.5) is 0 Å². The molecule has 0 aliphatic rings. The third-order valence-electron chi connectivity index (χ3n) is 5.18. The molecule has 4 heteroatoms. The van der Waals surface area contributed by atoms with Gasteiger partial charge in [-0.25, -0.2) is 0 Å². The summed E-state index contributed by atoms with van der Waals surface area (Å²) in [5, 5.41) is 2.92. The topological polar surface area (TPSA) is 63.2 Å². The van der Waals surface area contributed by atoms with E-state index in [4.69, 9.17) is 0 Å². The largest absolute Gasteiger partial charge is 0.348 e. The van der Waals surface area contributed by atoms with Crippen LogP contribution in [-0.2, 0) is 24.2 Å². The van der Waals surface area contributed by atoms with Gasteiger partial charge < -0.3 is 5.32 Å². The van der Waals surface area contributed by atoms with E-state index in [-0.39, 0.29) is 29.8 Å². The summed E-state index contributed by atoms with van der Waals surface area (Å²) in [5.41, 5.74) is 3.57. The number of carbonyl (C=O) groups excluding carboxylic acids is 3. The van der Waals surface area contributed by atoms with Gasteiger partial charge in [-0.3, -0.25) is 14.4 Å². The lowest BCUT2D eigenvalue weighted by molar-refractivity contribution is -0.121. The second-order valence-electron chi connectivity index (χ2n) is 7.92. The molecule has 0 aliphatic heterocycles. The van der Waals surface area contributed by atoms with E-state index in [9.17, 15) is 14.4 Å². The molecule has 0 spiro atoms. The summed E-state index contributed by atoms with van der Waals surface area (Å²) in [6.45, 7) is 4.17. The van der Waals surface area contributed by atoms with Crippen LogP contribution in [0.15, 0.2) is 78.9 Å². The molecule has 3 aromatic rings. The maximum atomic E-state index is 12.9. The van der Waals surface area contributed by atoms with Crippen LogP contribution in [-0.4, -0.2) is 17.5 Å². The fraction of sp³-hybridized carbons (Fsp3) is 0.222. The van der Waals surface area contributed by atoms with Crippen molar-refractivity contribution in [3.8, 4) is 0 Å². The van der Waals surface area contributed by atoms with Crippen LogP contribution >= 0.6 is 0 Å². The Bertz CT molecular complexity index is 1070. The SMILES string of the molecule is CC(C)C(=O)Cc1cccc(C(=O)Cc2ccccc2C(=O)NCc2ccccc2)c1. The number of carbonyl (C=O) groups is 3. The number of ketones is 2. The van der Waals surface area contributed by atoms with E-state index >= 15 is 0 Å². The van der Waals surface area contributed by atoms with Gasteiger partial charge in [0.15, 0.2) is 5.78 Å². The van der Waals surface area contributed by atoms with Crippen molar-refractivity contribution >= 4 is 17.5 Å². The van der Waals surface area contributed by atoms with E-state index in [1.165, 1.54) is 0 Å². The number of Topliss-reactive ketones (excluding diaryl/α,β-unsaturated/α-hetero) is 2. The molecule has 1 amide bonds. The molecule has 0 aliphatic carbocycles. The normalized spacial score (nSPS) is 10.7. The zero-order valence-electron chi connectivity index (χ0n) is 17.9. The summed E-state index contributed by atoms with van der Waals surface area (Å²) in [4.78, 5) is 37.7. The summed E-state index contributed by atoms with van der Waals surface area (Å²) in [6.07, 6.45) is 0.438. The Hall–Kier alpha value is -3.53. The number of amides is 1. The van der Waals surface area contributed by atoms with Crippen molar-refractivity contribution in [3.05, 3.63) is 107 Å². The van der Waals surface area contributed by atoms with Crippen molar-refractivity contribution in [1.29, 1.82) is 0 Å². The van der Waals surface area contributed by atoms with Crippen LogP contribution in [0.3, 0.4) is 0 Å². The molecule has 158 valence electrons. The number of rotatable bonds is 9. The minimum Gasteiger partial charge on any atom is -0.348 e. The molecule has 3 rings (SSSR count). The second kappa shape index (κ2) is 10.5. The number of hydrogen-bond donors (Lipinski definition) is 1. The highest BCUT2D eigenvalue weighted by Crippen LogP contribution is 2.15. The number of hydrogen-bond acceptors (Lipinski definition) is 3. The molecule has 3 aromatic carbocycles. The van der Waals surface area contributed by atoms with Gasteiger partial charge in [-0.05, 0) is 28.8 Å². The van der Waals surface area contributed by atoms with Gasteiger partial charge in [0, 0.05) is 36.4 Å². The molecule has 0 heterocycles. The van der Waals surface area contributed by atoms with Gasteiger partial charge >= 0.3 is 0 Å². The average Bonchev–Trinajstić information content (AvgIpc) is 2.78. The van der Waals surface area contributed by atoms with E-state index in [0.29, 0.717) is 29.7 Å². The van der Waals surface area contributed by atoms with Crippen molar-refractivity contribution in [2.24, 2.45) is 5.92 Å². The van der Waals surface area contributed by atoms with Gasteiger partial charge in [0.1, 0.15) is 5.78 Å². The Morgan fingerprint density at radius 3 is 2.19 bits per heavy atom. The van der Waals surface area contributed by atoms with Gasteiger partial charge in [-0.1, -0.05) is 80.6 Å². The van der Waals surface area contributed by atoms with Gasteiger partial charge in [-0.15, -0.1) is 0 Å². The molecule has 0 saturated heterocycles. The summed E-state index contributed by atoms with van der Waals surface area (Å²) in [5.74, 6) is -0.184. The highest BCUT2D eigenvalue weighted by Gasteiger charge is 2.16. The maximum absolute atomic E-state index is 12.9. The lowest BCUT2D eigenvalue weighted by atomic mass is 9.95. The molecule has 0 fully saturated rings. The molecule has 0 radical (unpaired) electrons. The molecule has 0 unspecified atom stereocenters. The summed E-state index contributed by atoms with van der Waals surface area (Å²) >= 11 is 0. The van der Waals surface area contributed by atoms with E-state index < -0.39 is 0 Å². The van der Waals surface area contributed by atoms with Gasteiger partial charge in [-0.2, -0.15) is 0 Å². The molecular formula is C27H27NO3. The van der Waals surface area contributed by atoms with Crippen LogP contribution in [0.2, 0.25) is 0 Å². The fourth-order valence-electron chi connectivity index (χ4n) is 3.30. The summed E-state index contributed by atoms with van der Waals surface area (Å²) in [7, 11) is 0. The van der Waals surface area contributed by atoms with Gasteiger partial charge in [0.25, 0.3) is 5.91 Å². The lowest BCUT2D eigenvalue weighted by Crippen LogP contribution is -2.24. The number of benzene rings is 3. The zero-order valence-corrected chi connectivity index (χ0v) is 17.9. The quantitative estimate of drug-likeness (QED) is 0.512. The highest BCUT2D eigenvalue weighted by atomic mass is 16.2. The van der Waals surface area contributed by atoms with Crippen molar-refractivity contribution < 1.29 is 14.4 Å². The van der Waals surface area contributed by atoms with Crippen molar-refractivity contribution in [2.75, 3.05) is 0 Å². The molecule has 1 N–H and O–H groups in total. The average molecular weight is 414 g/mol. The first-order valence-electron chi connectivity index (χ1n) is 10.5. The molecule has 0 atom stereocenters. The van der Waals surface area contributed by atoms with Crippen LogP contribution in [0.1, 0.15) is 51.3 Å². The lowest BCUT2D eigenvalue weighted by Gasteiger charge is -2.11. The Balaban J connectivity index is 1.71. The Kier molecular flexibility index (Phi) is 7.50. The Morgan fingerprint density at radius 1 is 0.774 bits per heavy atom. The minimum absolute atomic E-state index is 0.0411. The summed E-state index contributed by atoms with van der Waals surface area (Å²) < 4.78 is 0. The Morgan fingerprint density at radius 2 is 1.45 bits per heavy atom. The molecular weight excluding hydrogens is 386 g/mol. The monoisotopic (exact) mass is 413 g/mol. The number of nitrogens with one attached hydrogen (secondary N) is 1. The first kappa shape index (κ1) is 22.2. The predicted molar refractivity (Wildman–Crippen MR) is 122 cm³/mol. The van der Waals surface area contributed by atoms with Crippen molar-refractivity contribution in [3.63, 3.8) is 0 Å². The van der Waals surface area contributed by atoms with E-state index in [1.807, 2.05) is 62.4 Å². The van der Waals surface area contributed by atoms with Gasteiger partial charge in [0.05, 0.1) is 0 Å². The predicted octanol–water partition coefficient (Wildman–Crippen LogP) is 4.81. The standard InChI is InChI=1S/C27H27NO3/c1-19(2)25(29)16-21-11-8-13-23(15-21)26(30)17-22-12-6-7-14-24(22)27(31)28-18-20-9-4-3-5-10-20/h3-15,19H,16-18H2,1-2H3,(H,28,31). The molecule has 0 aromatic heterocycles. The van der Waals surface area contributed by atoms with Crippen LogP contribution in [0.5, 0.6) is 0 Å². The first-order chi connectivity index (χ1) is 14.9.